The molecular weight excluding hydrogens is 550 g/mol. The molecule has 2 aromatic carbocycles. The van der Waals surface area contributed by atoms with Crippen LogP contribution in [0.1, 0.15) is 58.6 Å². The number of hydrogen-bond donors (Lipinski definition) is 3. The average molecular weight is 594 g/mol. The van der Waals surface area contributed by atoms with Crippen molar-refractivity contribution in [2.45, 2.75) is 83.8 Å². The lowest BCUT2D eigenvalue weighted by Gasteiger charge is -2.41. The molecule has 2 heterocycles. The minimum absolute atomic E-state index is 0.0169. The van der Waals surface area contributed by atoms with Gasteiger partial charge in [0.2, 0.25) is 11.8 Å². The highest BCUT2D eigenvalue weighted by molar-refractivity contribution is 5.94. The van der Waals surface area contributed by atoms with Crippen LogP contribution in [0.3, 0.4) is 0 Å². The first-order valence-corrected chi connectivity index (χ1v) is 14.7. The van der Waals surface area contributed by atoms with Crippen molar-refractivity contribution in [1.82, 2.24) is 20.4 Å². The number of hydrogen-bond acceptors (Lipinski definition) is 6. The van der Waals surface area contributed by atoms with E-state index in [1.165, 1.54) is 0 Å². The van der Waals surface area contributed by atoms with E-state index in [0.717, 1.165) is 16.8 Å². The minimum atomic E-state index is -1.36. The number of piperidine rings is 1. The maximum Gasteiger partial charge on any atom is 0.408 e. The van der Waals surface area contributed by atoms with E-state index in [9.17, 15) is 19.2 Å². The van der Waals surface area contributed by atoms with Crippen LogP contribution in [0, 0.1) is 0 Å². The number of para-hydroxylation sites is 1. The van der Waals surface area contributed by atoms with E-state index in [1.807, 2.05) is 59.5 Å². The highest BCUT2D eigenvalue weighted by atomic mass is 16.6. The minimum Gasteiger partial charge on any atom is -0.444 e. The lowest BCUT2D eigenvalue weighted by Crippen LogP contribution is -2.61. The molecule has 1 fully saturated rings. The van der Waals surface area contributed by atoms with Gasteiger partial charge in [-0.2, -0.15) is 0 Å². The standard InChI is InChI=1S/C32H43N5O6/c1-31(2,3)43-30(41)35-32(4,5)28(39)33-26(21-42-20-22-11-7-6-8-12-22)27(38)36-17-15-24(16-18-36)37-19-23-13-9-10-14-25(23)34-29(37)40/h6-14,24,26H,15-21H2,1-5H3,(H,33,39)(H,34,40)(H,35,41)/t26-/m1/s1. The number of rotatable bonds is 9. The molecule has 2 aliphatic heterocycles. The van der Waals surface area contributed by atoms with Gasteiger partial charge in [-0.25, -0.2) is 9.59 Å². The van der Waals surface area contributed by atoms with Gasteiger partial charge in [0, 0.05) is 31.4 Å². The number of fused-ring (bicyclic) bond motifs is 1. The number of ether oxygens (including phenoxy) is 2. The molecule has 3 N–H and O–H groups in total. The maximum absolute atomic E-state index is 13.8. The first-order valence-electron chi connectivity index (χ1n) is 14.7. The molecule has 0 saturated carbocycles. The zero-order valence-electron chi connectivity index (χ0n) is 25.6. The Kier molecular flexibility index (Phi) is 9.95. The number of carbonyl (C=O) groups is 4. The smallest absolute Gasteiger partial charge is 0.408 e. The van der Waals surface area contributed by atoms with Crippen molar-refractivity contribution in [2.24, 2.45) is 0 Å². The lowest BCUT2D eigenvalue weighted by atomic mass is 10.00. The van der Waals surface area contributed by atoms with E-state index in [-0.39, 0.29) is 31.2 Å². The summed E-state index contributed by atoms with van der Waals surface area (Å²) in [6.45, 7) is 9.90. The van der Waals surface area contributed by atoms with E-state index >= 15 is 0 Å². The second-order valence-corrected chi connectivity index (χ2v) is 12.6. The molecule has 0 radical (unpaired) electrons. The van der Waals surface area contributed by atoms with Crippen molar-refractivity contribution in [3.8, 4) is 0 Å². The topological polar surface area (TPSA) is 129 Å². The molecule has 0 aliphatic carbocycles. The van der Waals surface area contributed by atoms with Crippen LogP contribution in [-0.4, -0.2) is 76.7 Å². The van der Waals surface area contributed by atoms with Crippen molar-refractivity contribution < 1.29 is 28.7 Å². The van der Waals surface area contributed by atoms with E-state index < -0.39 is 29.2 Å². The summed E-state index contributed by atoms with van der Waals surface area (Å²) >= 11 is 0. The van der Waals surface area contributed by atoms with Crippen LogP contribution < -0.4 is 16.0 Å². The molecule has 0 aromatic heterocycles. The summed E-state index contributed by atoms with van der Waals surface area (Å²) in [4.78, 5) is 55.8. The number of benzene rings is 2. The molecular formula is C32H43N5O6. The Labute approximate surface area is 253 Å². The Balaban J connectivity index is 1.39. The summed E-state index contributed by atoms with van der Waals surface area (Å²) < 4.78 is 11.2. The second kappa shape index (κ2) is 13.5. The Morgan fingerprint density at radius 1 is 0.977 bits per heavy atom. The molecule has 1 saturated heterocycles. The molecule has 0 bridgehead atoms. The Hall–Kier alpha value is -4.12. The molecule has 4 rings (SSSR count). The van der Waals surface area contributed by atoms with Crippen LogP contribution >= 0.6 is 0 Å². The zero-order chi connectivity index (χ0) is 31.2. The number of carbonyl (C=O) groups excluding carboxylic acids is 4. The number of alkyl carbamates (subject to hydrolysis) is 1. The number of anilines is 1. The third kappa shape index (κ3) is 8.70. The Morgan fingerprint density at radius 2 is 1.63 bits per heavy atom. The summed E-state index contributed by atoms with van der Waals surface area (Å²) in [5.41, 5.74) is 0.737. The van der Waals surface area contributed by atoms with Crippen molar-refractivity contribution in [3.63, 3.8) is 0 Å². The van der Waals surface area contributed by atoms with Crippen LogP contribution in [-0.2, 0) is 32.2 Å². The first-order chi connectivity index (χ1) is 20.3. The van der Waals surface area contributed by atoms with Gasteiger partial charge < -0.3 is 35.2 Å². The van der Waals surface area contributed by atoms with Crippen molar-refractivity contribution >= 4 is 29.6 Å². The molecule has 2 aliphatic rings. The maximum atomic E-state index is 13.8. The molecule has 0 spiro atoms. The van der Waals surface area contributed by atoms with Gasteiger partial charge >= 0.3 is 12.1 Å². The molecule has 1 atom stereocenters. The second-order valence-electron chi connectivity index (χ2n) is 12.6. The van der Waals surface area contributed by atoms with E-state index in [4.69, 9.17) is 9.47 Å². The van der Waals surface area contributed by atoms with Crippen LogP contribution in [0.2, 0.25) is 0 Å². The lowest BCUT2D eigenvalue weighted by molar-refractivity contribution is -0.140. The van der Waals surface area contributed by atoms with Gasteiger partial charge in [-0.15, -0.1) is 0 Å². The fraction of sp³-hybridized carbons (Fsp3) is 0.500. The Morgan fingerprint density at radius 3 is 2.30 bits per heavy atom. The summed E-state index contributed by atoms with van der Waals surface area (Å²) in [7, 11) is 0. The monoisotopic (exact) mass is 593 g/mol. The molecule has 43 heavy (non-hydrogen) atoms. The summed E-state index contributed by atoms with van der Waals surface area (Å²) in [5, 5.41) is 8.35. The van der Waals surface area contributed by atoms with Crippen molar-refractivity contribution in [1.29, 1.82) is 0 Å². The predicted octanol–water partition coefficient (Wildman–Crippen LogP) is 4.03. The fourth-order valence-corrected chi connectivity index (χ4v) is 5.13. The number of nitrogens with one attached hydrogen (secondary N) is 3. The normalized spacial score (nSPS) is 16.5. The molecule has 2 aromatic rings. The third-order valence-corrected chi connectivity index (χ3v) is 7.46. The quantitative estimate of drug-likeness (QED) is 0.403. The van der Waals surface area contributed by atoms with Gasteiger partial charge in [0.1, 0.15) is 17.2 Å². The fourth-order valence-electron chi connectivity index (χ4n) is 5.13. The zero-order valence-corrected chi connectivity index (χ0v) is 25.6. The Bertz CT molecular complexity index is 1300. The first kappa shape index (κ1) is 31.8. The molecule has 5 amide bonds. The van der Waals surface area contributed by atoms with Crippen LogP contribution in [0.15, 0.2) is 54.6 Å². The number of urea groups is 1. The van der Waals surface area contributed by atoms with E-state index in [2.05, 4.69) is 16.0 Å². The van der Waals surface area contributed by atoms with Gasteiger partial charge in [-0.3, -0.25) is 9.59 Å². The van der Waals surface area contributed by atoms with Gasteiger partial charge in [-0.1, -0.05) is 48.5 Å². The molecule has 11 heteroatoms. The van der Waals surface area contributed by atoms with E-state index in [1.54, 1.807) is 39.5 Å². The van der Waals surface area contributed by atoms with Crippen LogP contribution in [0.25, 0.3) is 0 Å². The third-order valence-electron chi connectivity index (χ3n) is 7.46. The van der Waals surface area contributed by atoms with Crippen LogP contribution in [0.4, 0.5) is 15.3 Å². The highest BCUT2D eigenvalue weighted by Crippen LogP contribution is 2.27. The van der Waals surface area contributed by atoms with Crippen LogP contribution in [0.5, 0.6) is 0 Å². The highest BCUT2D eigenvalue weighted by Gasteiger charge is 2.38. The van der Waals surface area contributed by atoms with Gasteiger partial charge in [0.15, 0.2) is 0 Å². The number of nitrogens with zero attached hydrogens (tertiary/aromatic N) is 2. The number of likely N-dealkylation sites (tertiary alicyclic amines) is 1. The van der Waals surface area contributed by atoms with Gasteiger partial charge in [-0.05, 0) is 64.7 Å². The van der Waals surface area contributed by atoms with E-state index in [0.29, 0.717) is 32.5 Å². The molecule has 0 unspecified atom stereocenters. The van der Waals surface area contributed by atoms with Gasteiger partial charge in [0.25, 0.3) is 0 Å². The molecule has 232 valence electrons. The van der Waals surface area contributed by atoms with Crippen molar-refractivity contribution in [2.75, 3.05) is 25.0 Å². The summed E-state index contributed by atoms with van der Waals surface area (Å²) in [5.74, 6) is -0.820. The summed E-state index contributed by atoms with van der Waals surface area (Å²) in [6.07, 6.45) is 0.485. The number of amides is 5. The summed E-state index contributed by atoms with van der Waals surface area (Å²) in [6, 6.07) is 16.2. The SMILES string of the molecule is CC(C)(C)OC(=O)NC(C)(C)C(=O)N[C@H](COCc1ccccc1)C(=O)N1CCC(N2Cc3ccccc3NC2=O)CC1. The average Bonchev–Trinajstić information content (AvgIpc) is 2.95. The molecule has 11 nitrogen and oxygen atoms in total. The van der Waals surface area contributed by atoms with Crippen molar-refractivity contribution in [3.05, 3.63) is 65.7 Å². The van der Waals surface area contributed by atoms with Gasteiger partial charge in [0.05, 0.1) is 13.2 Å². The predicted molar refractivity (Wildman–Crippen MR) is 162 cm³/mol. The largest absolute Gasteiger partial charge is 0.444 e.